The molecule has 2 aliphatic rings. The van der Waals surface area contributed by atoms with Crippen LogP contribution in [0.15, 0.2) is 30.3 Å². The lowest BCUT2D eigenvalue weighted by atomic mass is 10.1. The minimum absolute atomic E-state index is 0.244. The third-order valence-corrected chi connectivity index (χ3v) is 6.77. The molecule has 0 radical (unpaired) electrons. The number of aryl methyl sites for hydroxylation is 2. The molecule has 2 aromatic rings. The summed E-state index contributed by atoms with van der Waals surface area (Å²) in [6.45, 7) is 13.5. The predicted molar refractivity (Wildman–Crippen MR) is 120 cm³/mol. The van der Waals surface area contributed by atoms with E-state index < -0.39 is 0 Å². The Labute approximate surface area is 180 Å². The van der Waals surface area contributed by atoms with Gasteiger partial charge in [0.15, 0.2) is 5.78 Å². The number of nitrogens with zero attached hydrogens (tertiary/aromatic N) is 3. The van der Waals surface area contributed by atoms with E-state index in [4.69, 9.17) is 4.74 Å². The van der Waals surface area contributed by atoms with Gasteiger partial charge in [-0.3, -0.25) is 14.6 Å². The molecular formula is C25H35N3O2. The highest BCUT2D eigenvalue weighted by atomic mass is 16.5. The van der Waals surface area contributed by atoms with Crippen molar-refractivity contribution in [3.8, 4) is 0 Å². The monoisotopic (exact) mass is 409 g/mol. The predicted octanol–water partition coefficient (Wildman–Crippen LogP) is 3.59. The van der Waals surface area contributed by atoms with Gasteiger partial charge < -0.3 is 9.30 Å². The maximum atomic E-state index is 13.1. The quantitative estimate of drug-likeness (QED) is 0.655. The van der Waals surface area contributed by atoms with E-state index in [0.29, 0.717) is 12.6 Å². The van der Waals surface area contributed by atoms with Crippen molar-refractivity contribution in [2.45, 2.75) is 52.8 Å². The van der Waals surface area contributed by atoms with Gasteiger partial charge >= 0.3 is 0 Å². The molecule has 2 aliphatic heterocycles. The van der Waals surface area contributed by atoms with Crippen LogP contribution in [0.4, 0.5) is 0 Å². The fraction of sp³-hybridized carbons (Fsp3) is 0.560. The largest absolute Gasteiger partial charge is 0.376 e. The SMILES string of the molecule is Cc1ccccc1CN1CCN(CC(=O)c2cc(C)n(C[C@@H]3CCCO3)c2C)CC1. The van der Waals surface area contributed by atoms with Crippen LogP contribution in [-0.2, 0) is 17.8 Å². The number of hydrogen-bond acceptors (Lipinski definition) is 4. The van der Waals surface area contributed by atoms with Gasteiger partial charge in [-0.25, -0.2) is 0 Å². The molecule has 1 atom stereocenters. The van der Waals surface area contributed by atoms with E-state index in [1.807, 2.05) is 0 Å². The second-order valence-electron chi connectivity index (χ2n) is 8.93. The van der Waals surface area contributed by atoms with E-state index in [0.717, 1.165) is 75.7 Å². The van der Waals surface area contributed by atoms with E-state index >= 15 is 0 Å². The zero-order chi connectivity index (χ0) is 21.1. The Morgan fingerprint density at radius 3 is 2.50 bits per heavy atom. The van der Waals surface area contributed by atoms with Crippen LogP contribution in [0.2, 0.25) is 0 Å². The molecule has 0 N–H and O–H groups in total. The van der Waals surface area contributed by atoms with Crippen LogP contribution in [0, 0.1) is 20.8 Å². The first-order chi connectivity index (χ1) is 14.5. The lowest BCUT2D eigenvalue weighted by Gasteiger charge is -2.34. The highest BCUT2D eigenvalue weighted by Gasteiger charge is 2.24. The smallest absolute Gasteiger partial charge is 0.178 e. The third-order valence-electron chi connectivity index (χ3n) is 6.77. The van der Waals surface area contributed by atoms with Crippen molar-refractivity contribution in [2.75, 3.05) is 39.3 Å². The lowest BCUT2D eigenvalue weighted by molar-refractivity contribution is 0.0840. The van der Waals surface area contributed by atoms with Crippen molar-refractivity contribution in [2.24, 2.45) is 0 Å². The molecule has 1 aromatic carbocycles. The molecule has 2 saturated heterocycles. The average Bonchev–Trinajstić information content (AvgIpc) is 3.35. The molecule has 2 fully saturated rings. The van der Waals surface area contributed by atoms with E-state index in [9.17, 15) is 4.79 Å². The Morgan fingerprint density at radius 1 is 1.07 bits per heavy atom. The number of ketones is 1. The summed E-state index contributed by atoms with van der Waals surface area (Å²) in [5, 5.41) is 0. The van der Waals surface area contributed by atoms with Crippen LogP contribution in [0.1, 0.15) is 45.7 Å². The molecule has 0 spiro atoms. The number of hydrogen-bond donors (Lipinski definition) is 0. The maximum absolute atomic E-state index is 13.1. The summed E-state index contributed by atoms with van der Waals surface area (Å²) in [4.78, 5) is 17.9. The molecule has 0 saturated carbocycles. The summed E-state index contributed by atoms with van der Waals surface area (Å²) in [6.07, 6.45) is 2.55. The second-order valence-corrected chi connectivity index (χ2v) is 8.93. The van der Waals surface area contributed by atoms with Gasteiger partial charge in [-0.2, -0.15) is 0 Å². The maximum Gasteiger partial charge on any atom is 0.178 e. The Hall–Kier alpha value is -1.95. The molecule has 3 heterocycles. The Morgan fingerprint density at radius 2 is 1.80 bits per heavy atom. The third kappa shape index (κ3) is 4.85. The van der Waals surface area contributed by atoms with Gasteiger partial charge in [-0.05, 0) is 50.8 Å². The molecule has 5 heteroatoms. The highest BCUT2D eigenvalue weighted by molar-refractivity contribution is 5.99. The fourth-order valence-electron chi connectivity index (χ4n) is 4.78. The van der Waals surface area contributed by atoms with Crippen LogP contribution >= 0.6 is 0 Å². The topological polar surface area (TPSA) is 37.7 Å². The van der Waals surface area contributed by atoms with Crippen molar-refractivity contribution in [3.63, 3.8) is 0 Å². The number of Topliss-reactive ketones (excluding diaryl/α,β-unsaturated/α-hetero) is 1. The summed E-state index contributed by atoms with van der Waals surface area (Å²) in [5.74, 6) is 0.244. The standard InChI is InChI=1S/C25H35N3O2/c1-19-7-4-5-8-22(19)16-26-10-12-27(13-11-26)18-25(29)24-15-20(2)28(21(24)3)17-23-9-6-14-30-23/h4-5,7-8,15,23H,6,9-14,16-18H2,1-3H3/t23-/m0/s1. The first kappa shape index (κ1) is 21.3. The number of benzene rings is 1. The van der Waals surface area contributed by atoms with E-state index in [-0.39, 0.29) is 5.78 Å². The number of carbonyl (C=O) groups excluding carboxylic acids is 1. The van der Waals surface area contributed by atoms with Crippen LogP contribution in [-0.4, -0.2) is 65.6 Å². The Balaban J connectivity index is 1.31. The molecule has 0 aliphatic carbocycles. The number of piperazine rings is 1. The zero-order valence-electron chi connectivity index (χ0n) is 18.7. The summed E-state index contributed by atoms with van der Waals surface area (Å²) in [6, 6.07) is 10.7. The minimum Gasteiger partial charge on any atom is -0.376 e. The number of ether oxygens (including phenoxy) is 1. The number of aromatic nitrogens is 1. The molecule has 30 heavy (non-hydrogen) atoms. The molecule has 1 aromatic heterocycles. The Bertz CT molecular complexity index is 875. The zero-order valence-corrected chi connectivity index (χ0v) is 18.7. The van der Waals surface area contributed by atoms with Crippen molar-refractivity contribution in [1.82, 2.24) is 14.4 Å². The van der Waals surface area contributed by atoms with Crippen LogP contribution in [0.5, 0.6) is 0 Å². The molecule has 5 nitrogen and oxygen atoms in total. The van der Waals surface area contributed by atoms with Gasteiger partial charge in [0.2, 0.25) is 0 Å². The van der Waals surface area contributed by atoms with Crippen molar-refractivity contribution < 1.29 is 9.53 Å². The van der Waals surface area contributed by atoms with Crippen LogP contribution in [0.3, 0.4) is 0 Å². The van der Waals surface area contributed by atoms with E-state index in [1.54, 1.807) is 0 Å². The fourth-order valence-corrected chi connectivity index (χ4v) is 4.78. The summed E-state index contributed by atoms with van der Waals surface area (Å²) >= 11 is 0. The van der Waals surface area contributed by atoms with E-state index in [2.05, 4.69) is 65.5 Å². The molecule has 4 rings (SSSR count). The van der Waals surface area contributed by atoms with Crippen molar-refractivity contribution in [1.29, 1.82) is 0 Å². The lowest BCUT2D eigenvalue weighted by Crippen LogP contribution is -2.47. The van der Waals surface area contributed by atoms with Gasteiger partial charge in [0.25, 0.3) is 0 Å². The normalized spacial score (nSPS) is 20.7. The first-order valence-electron chi connectivity index (χ1n) is 11.3. The molecule has 0 unspecified atom stereocenters. The molecule has 0 bridgehead atoms. The molecule has 162 valence electrons. The van der Waals surface area contributed by atoms with Gasteiger partial charge in [-0.15, -0.1) is 0 Å². The van der Waals surface area contributed by atoms with E-state index in [1.165, 1.54) is 11.1 Å². The number of rotatable bonds is 7. The van der Waals surface area contributed by atoms with Crippen LogP contribution in [0.25, 0.3) is 0 Å². The van der Waals surface area contributed by atoms with Gasteiger partial charge in [0.1, 0.15) is 0 Å². The van der Waals surface area contributed by atoms with Gasteiger partial charge in [0.05, 0.1) is 12.6 Å². The summed E-state index contributed by atoms with van der Waals surface area (Å²) in [7, 11) is 0. The summed E-state index contributed by atoms with van der Waals surface area (Å²) in [5.41, 5.74) is 5.89. The van der Waals surface area contributed by atoms with Crippen LogP contribution < -0.4 is 0 Å². The van der Waals surface area contributed by atoms with Gasteiger partial charge in [0, 0.05) is 62.8 Å². The summed E-state index contributed by atoms with van der Waals surface area (Å²) < 4.78 is 8.07. The molecular weight excluding hydrogens is 374 g/mol. The van der Waals surface area contributed by atoms with Gasteiger partial charge in [-0.1, -0.05) is 24.3 Å². The second kappa shape index (κ2) is 9.46. The number of carbonyl (C=O) groups is 1. The van der Waals surface area contributed by atoms with Crippen molar-refractivity contribution >= 4 is 5.78 Å². The Kier molecular flexibility index (Phi) is 6.71. The average molecular weight is 410 g/mol. The highest BCUT2D eigenvalue weighted by Crippen LogP contribution is 2.21. The molecule has 0 amide bonds. The first-order valence-corrected chi connectivity index (χ1v) is 11.3. The minimum atomic E-state index is 0.244. The van der Waals surface area contributed by atoms with Crippen molar-refractivity contribution in [3.05, 3.63) is 58.4 Å².